The first kappa shape index (κ1) is 40.5. The van der Waals surface area contributed by atoms with Crippen molar-refractivity contribution in [3.8, 4) is 0 Å². The predicted molar refractivity (Wildman–Crippen MR) is 271 cm³/mol. The highest BCUT2D eigenvalue weighted by molar-refractivity contribution is 5.90. The van der Waals surface area contributed by atoms with Gasteiger partial charge < -0.3 is 14.7 Å². The molecule has 9 aromatic carbocycles. The zero-order valence-electron chi connectivity index (χ0n) is 37.5. The third kappa shape index (κ3) is 7.23. The molecule has 0 fully saturated rings. The van der Waals surface area contributed by atoms with Gasteiger partial charge >= 0.3 is 0 Å². The highest BCUT2D eigenvalue weighted by Gasteiger charge is 2.46. The molecule has 0 saturated carbocycles. The van der Waals surface area contributed by atoms with Gasteiger partial charge in [-0.15, -0.1) is 0 Å². The molecule has 0 spiro atoms. The largest absolute Gasteiger partial charge is 0.311 e. The first-order valence-corrected chi connectivity index (χ1v) is 22.3. The SMILES string of the molecule is Cc1ccc(N(c2ccc(C)cc2)c2ccc(C3(c4ccc(N(c5ccc(C)cc5)c5ccc(C)cc5)cc4)c4ccccc4N(c4ccc(C)cc4)c4ccc(C)cc43)cc2)cc1. The van der Waals surface area contributed by atoms with Crippen LogP contribution in [0, 0.1) is 41.5 Å². The van der Waals surface area contributed by atoms with Crippen LogP contribution >= 0.6 is 0 Å². The van der Waals surface area contributed by atoms with E-state index in [-0.39, 0.29) is 0 Å². The number of hydrogen-bond donors (Lipinski definition) is 0. The van der Waals surface area contributed by atoms with E-state index in [9.17, 15) is 0 Å². The molecule has 0 unspecified atom stereocenters. The summed E-state index contributed by atoms with van der Waals surface area (Å²) in [6.07, 6.45) is 0. The maximum Gasteiger partial charge on any atom is 0.0742 e. The van der Waals surface area contributed by atoms with E-state index in [4.69, 9.17) is 0 Å². The average Bonchev–Trinajstić information content (AvgIpc) is 3.32. The fraction of sp³-hybridized carbons (Fsp3) is 0.115. The second-order valence-corrected chi connectivity index (χ2v) is 17.6. The molecule has 0 N–H and O–H groups in total. The topological polar surface area (TPSA) is 9.72 Å². The summed E-state index contributed by atoms with van der Waals surface area (Å²) < 4.78 is 0. The summed E-state index contributed by atoms with van der Waals surface area (Å²) in [5.41, 5.74) is 21.8. The van der Waals surface area contributed by atoms with E-state index < -0.39 is 5.41 Å². The maximum absolute atomic E-state index is 2.46. The Hall–Kier alpha value is -7.62. The van der Waals surface area contributed by atoms with Gasteiger partial charge in [-0.1, -0.05) is 149 Å². The number of rotatable bonds is 9. The van der Waals surface area contributed by atoms with Crippen LogP contribution in [0.15, 0.2) is 212 Å². The Kier molecular flexibility index (Phi) is 10.5. The minimum Gasteiger partial charge on any atom is -0.311 e. The first-order valence-electron chi connectivity index (χ1n) is 22.3. The minimum absolute atomic E-state index is 0.673. The van der Waals surface area contributed by atoms with Crippen LogP contribution in [0.2, 0.25) is 0 Å². The van der Waals surface area contributed by atoms with Crippen LogP contribution in [0.25, 0.3) is 0 Å². The summed E-state index contributed by atoms with van der Waals surface area (Å²) in [5.74, 6) is 0. The van der Waals surface area contributed by atoms with E-state index in [0.29, 0.717) is 0 Å². The molecule has 3 heteroatoms. The lowest BCUT2D eigenvalue weighted by Gasteiger charge is -2.47. The van der Waals surface area contributed by atoms with Gasteiger partial charge in [0.25, 0.3) is 0 Å². The zero-order valence-corrected chi connectivity index (χ0v) is 37.5. The smallest absolute Gasteiger partial charge is 0.0742 e. The number of hydrogen-bond acceptors (Lipinski definition) is 3. The van der Waals surface area contributed by atoms with Crippen LogP contribution in [0.4, 0.5) is 51.2 Å². The molecule has 64 heavy (non-hydrogen) atoms. The molecular weight excluding hydrogens is 775 g/mol. The fourth-order valence-electron chi connectivity index (χ4n) is 9.56. The van der Waals surface area contributed by atoms with Crippen LogP contribution in [0.3, 0.4) is 0 Å². The zero-order chi connectivity index (χ0) is 44.0. The Labute approximate surface area is 379 Å². The van der Waals surface area contributed by atoms with E-state index in [1.165, 1.54) is 61.3 Å². The van der Waals surface area contributed by atoms with Gasteiger partial charge in [-0.25, -0.2) is 0 Å². The van der Waals surface area contributed by atoms with Gasteiger partial charge in [0, 0.05) is 39.8 Å². The number of benzene rings is 9. The summed E-state index contributed by atoms with van der Waals surface area (Å²) in [5, 5.41) is 0. The van der Waals surface area contributed by atoms with Crippen molar-refractivity contribution in [1.82, 2.24) is 0 Å². The van der Waals surface area contributed by atoms with Gasteiger partial charge in [-0.05, 0) is 161 Å². The third-order valence-corrected chi connectivity index (χ3v) is 12.9. The highest BCUT2D eigenvalue weighted by atomic mass is 15.2. The molecule has 0 amide bonds. The monoisotopic (exact) mass is 827 g/mol. The average molecular weight is 828 g/mol. The van der Waals surface area contributed by atoms with Crippen molar-refractivity contribution in [3.05, 3.63) is 268 Å². The maximum atomic E-state index is 2.46. The molecule has 10 rings (SSSR count). The van der Waals surface area contributed by atoms with Gasteiger partial charge in [0.05, 0.1) is 16.8 Å². The van der Waals surface area contributed by atoms with Crippen LogP contribution in [0.1, 0.15) is 55.6 Å². The predicted octanol–water partition coefficient (Wildman–Crippen LogP) is 16.6. The molecule has 9 aromatic rings. The number of aryl methyl sites for hydroxylation is 6. The third-order valence-electron chi connectivity index (χ3n) is 12.9. The van der Waals surface area contributed by atoms with Crippen LogP contribution in [-0.4, -0.2) is 0 Å². The lowest BCUT2D eigenvalue weighted by molar-refractivity contribution is 0.730. The molecule has 0 atom stereocenters. The second kappa shape index (κ2) is 16.6. The molecule has 0 bridgehead atoms. The van der Waals surface area contributed by atoms with Crippen LogP contribution in [0.5, 0.6) is 0 Å². The Morgan fingerprint density at radius 3 is 1.00 bits per heavy atom. The minimum atomic E-state index is -0.673. The number of nitrogens with zero attached hydrogens (tertiary/aromatic N) is 3. The van der Waals surface area contributed by atoms with Gasteiger partial charge in [0.15, 0.2) is 0 Å². The van der Waals surface area contributed by atoms with E-state index >= 15 is 0 Å². The highest BCUT2D eigenvalue weighted by Crippen LogP contribution is 2.58. The first-order chi connectivity index (χ1) is 31.2. The summed E-state index contributed by atoms with van der Waals surface area (Å²) in [4.78, 5) is 7.18. The summed E-state index contributed by atoms with van der Waals surface area (Å²) in [6.45, 7) is 12.9. The number of anilines is 9. The molecule has 1 heterocycles. The molecule has 0 saturated heterocycles. The normalized spacial score (nSPS) is 12.6. The summed E-state index contributed by atoms with van der Waals surface area (Å²) in [7, 11) is 0. The Bertz CT molecular complexity index is 2830. The number of fused-ring (bicyclic) bond motifs is 2. The van der Waals surface area contributed by atoms with Crippen molar-refractivity contribution in [1.29, 1.82) is 0 Å². The molecule has 0 aliphatic carbocycles. The number of para-hydroxylation sites is 1. The molecule has 0 radical (unpaired) electrons. The van der Waals surface area contributed by atoms with Crippen molar-refractivity contribution >= 4 is 51.2 Å². The summed E-state index contributed by atoms with van der Waals surface area (Å²) >= 11 is 0. The van der Waals surface area contributed by atoms with Gasteiger partial charge in [0.1, 0.15) is 0 Å². The second-order valence-electron chi connectivity index (χ2n) is 17.6. The van der Waals surface area contributed by atoms with Crippen molar-refractivity contribution < 1.29 is 0 Å². The van der Waals surface area contributed by atoms with Crippen molar-refractivity contribution in [2.45, 2.75) is 47.0 Å². The Balaban J connectivity index is 1.21. The van der Waals surface area contributed by atoms with E-state index in [1.54, 1.807) is 0 Å². The molecular formula is C61H53N3. The van der Waals surface area contributed by atoms with Gasteiger partial charge in [-0.2, -0.15) is 0 Å². The van der Waals surface area contributed by atoms with Crippen LogP contribution in [-0.2, 0) is 5.41 Å². The lowest BCUT2D eigenvalue weighted by Crippen LogP contribution is -2.38. The Morgan fingerprint density at radius 2 is 0.609 bits per heavy atom. The summed E-state index contributed by atoms with van der Waals surface area (Å²) in [6, 6.07) is 79.0. The molecule has 3 nitrogen and oxygen atoms in total. The molecule has 1 aliphatic rings. The standard InChI is InChI=1S/C61H53N3/c1-42-11-26-50(27-12-42)62(51-28-13-43(2)14-29-51)54-36-22-48(23-37-54)61(49-24-38-55(39-25-49)63(52-30-15-44(3)16-31-52)53-32-17-45(4)18-33-53)57-9-7-8-10-59(57)64(56-34-19-46(5)20-35-56)60-40-21-47(6)41-58(60)61/h7-41H,1-6H3. The van der Waals surface area contributed by atoms with Crippen LogP contribution < -0.4 is 14.7 Å². The lowest BCUT2D eigenvalue weighted by atomic mass is 9.62. The van der Waals surface area contributed by atoms with Crippen molar-refractivity contribution in [2.75, 3.05) is 14.7 Å². The van der Waals surface area contributed by atoms with Gasteiger partial charge in [0.2, 0.25) is 0 Å². The van der Waals surface area contributed by atoms with E-state index in [0.717, 1.165) is 45.5 Å². The van der Waals surface area contributed by atoms with Gasteiger partial charge in [-0.3, -0.25) is 0 Å². The van der Waals surface area contributed by atoms with E-state index in [1.807, 2.05) is 0 Å². The van der Waals surface area contributed by atoms with Crippen molar-refractivity contribution in [2.24, 2.45) is 0 Å². The fourth-order valence-corrected chi connectivity index (χ4v) is 9.56. The molecule has 312 valence electrons. The Morgan fingerprint density at radius 1 is 0.297 bits per heavy atom. The van der Waals surface area contributed by atoms with E-state index in [2.05, 4.69) is 269 Å². The molecule has 0 aromatic heterocycles. The van der Waals surface area contributed by atoms with Crippen molar-refractivity contribution in [3.63, 3.8) is 0 Å². The molecule has 1 aliphatic heterocycles. The quantitative estimate of drug-likeness (QED) is 0.144.